The van der Waals surface area contributed by atoms with Gasteiger partial charge in [0.2, 0.25) is 0 Å². The molecule has 2 aromatic rings. The molecule has 0 aliphatic heterocycles. The lowest BCUT2D eigenvalue weighted by atomic mass is 10.2. The summed E-state index contributed by atoms with van der Waals surface area (Å²) < 4.78 is 10.3. The predicted molar refractivity (Wildman–Crippen MR) is 95.4 cm³/mol. The van der Waals surface area contributed by atoms with Crippen molar-refractivity contribution in [2.75, 3.05) is 33.2 Å². The summed E-state index contributed by atoms with van der Waals surface area (Å²) in [5.74, 6) is 0.695. The SMILES string of the molecule is COc1ccc(C(=O)NN=Cc2ccc(N(C)C)cc2)c(OC)c1. The zero-order valence-corrected chi connectivity index (χ0v) is 14.2. The first kappa shape index (κ1) is 17.3. The van der Waals surface area contributed by atoms with Crippen molar-refractivity contribution in [2.45, 2.75) is 0 Å². The Hall–Kier alpha value is -3.02. The Morgan fingerprint density at radius 2 is 1.79 bits per heavy atom. The normalized spacial score (nSPS) is 10.5. The second kappa shape index (κ2) is 8.01. The highest BCUT2D eigenvalue weighted by atomic mass is 16.5. The topological polar surface area (TPSA) is 63.2 Å². The van der Waals surface area contributed by atoms with Crippen LogP contribution >= 0.6 is 0 Å². The van der Waals surface area contributed by atoms with E-state index in [0.717, 1.165) is 11.3 Å². The lowest BCUT2D eigenvalue weighted by Gasteiger charge is -2.11. The van der Waals surface area contributed by atoms with Crippen molar-refractivity contribution in [2.24, 2.45) is 5.10 Å². The summed E-state index contributed by atoms with van der Waals surface area (Å²) >= 11 is 0. The Labute approximate surface area is 141 Å². The van der Waals surface area contributed by atoms with E-state index < -0.39 is 0 Å². The zero-order chi connectivity index (χ0) is 17.5. The zero-order valence-electron chi connectivity index (χ0n) is 14.2. The Bertz CT molecular complexity index is 725. The first-order valence-corrected chi connectivity index (χ1v) is 7.38. The van der Waals surface area contributed by atoms with Gasteiger partial charge in [-0.05, 0) is 29.8 Å². The van der Waals surface area contributed by atoms with Crippen LogP contribution < -0.4 is 19.8 Å². The molecule has 0 aromatic heterocycles. The van der Waals surface area contributed by atoms with E-state index >= 15 is 0 Å². The second-order valence-corrected chi connectivity index (χ2v) is 5.25. The summed E-state index contributed by atoms with van der Waals surface area (Å²) in [5, 5.41) is 3.99. The predicted octanol–water partition coefficient (Wildman–Crippen LogP) is 2.53. The molecule has 0 saturated carbocycles. The third kappa shape index (κ3) is 4.25. The van der Waals surface area contributed by atoms with E-state index in [4.69, 9.17) is 9.47 Å². The molecule has 0 heterocycles. The first-order chi connectivity index (χ1) is 11.5. The van der Waals surface area contributed by atoms with Crippen molar-refractivity contribution < 1.29 is 14.3 Å². The molecule has 2 aromatic carbocycles. The van der Waals surface area contributed by atoms with E-state index in [2.05, 4.69) is 10.5 Å². The number of carbonyl (C=O) groups excluding carboxylic acids is 1. The van der Waals surface area contributed by atoms with E-state index in [0.29, 0.717) is 17.1 Å². The van der Waals surface area contributed by atoms with Gasteiger partial charge in [-0.3, -0.25) is 4.79 Å². The van der Waals surface area contributed by atoms with Gasteiger partial charge >= 0.3 is 0 Å². The van der Waals surface area contributed by atoms with Crippen LogP contribution in [0.5, 0.6) is 11.5 Å². The average Bonchev–Trinajstić information content (AvgIpc) is 2.61. The molecule has 0 bridgehead atoms. The molecule has 0 fully saturated rings. The third-order valence-corrected chi connectivity index (χ3v) is 3.44. The van der Waals surface area contributed by atoms with E-state index in [1.54, 1.807) is 31.5 Å². The fourth-order valence-corrected chi connectivity index (χ4v) is 2.07. The van der Waals surface area contributed by atoms with Crippen LogP contribution in [0.4, 0.5) is 5.69 Å². The minimum absolute atomic E-state index is 0.351. The Kier molecular flexibility index (Phi) is 5.78. The number of ether oxygens (including phenoxy) is 2. The number of hydrazone groups is 1. The molecule has 0 aliphatic rings. The number of anilines is 1. The third-order valence-electron chi connectivity index (χ3n) is 3.44. The maximum absolute atomic E-state index is 12.2. The Morgan fingerprint density at radius 3 is 2.38 bits per heavy atom. The summed E-state index contributed by atoms with van der Waals surface area (Å²) in [6, 6.07) is 12.8. The van der Waals surface area contributed by atoms with Crippen molar-refractivity contribution in [3.05, 3.63) is 53.6 Å². The molecule has 0 atom stereocenters. The van der Waals surface area contributed by atoms with Crippen molar-refractivity contribution in [3.8, 4) is 11.5 Å². The van der Waals surface area contributed by atoms with Crippen molar-refractivity contribution >= 4 is 17.8 Å². The molecule has 1 amide bonds. The Balaban J connectivity index is 2.04. The van der Waals surface area contributed by atoms with Gasteiger partial charge in [0.05, 0.1) is 26.0 Å². The minimum Gasteiger partial charge on any atom is -0.497 e. The smallest absolute Gasteiger partial charge is 0.275 e. The molecule has 6 nitrogen and oxygen atoms in total. The maximum atomic E-state index is 12.2. The molecule has 2 rings (SSSR count). The summed E-state index contributed by atoms with van der Waals surface area (Å²) in [6.07, 6.45) is 1.59. The van der Waals surface area contributed by atoms with Gasteiger partial charge in [0.25, 0.3) is 5.91 Å². The maximum Gasteiger partial charge on any atom is 0.275 e. The van der Waals surface area contributed by atoms with Crippen molar-refractivity contribution in [1.29, 1.82) is 0 Å². The van der Waals surface area contributed by atoms with Gasteiger partial charge in [-0.2, -0.15) is 5.10 Å². The lowest BCUT2D eigenvalue weighted by Crippen LogP contribution is -2.18. The van der Waals surface area contributed by atoms with E-state index in [1.807, 2.05) is 43.3 Å². The summed E-state index contributed by atoms with van der Waals surface area (Å²) in [6.45, 7) is 0. The molecule has 24 heavy (non-hydrogen) atoms. The van der Waals surface area contributed by atoms with Gasteiger partial charge in [0.15, 0.2) is 0 Å². The fourth-order valence-electron chi connectivity index (χ4n) is 2.07. The average molecular weight is 327 g/mol. The molecule has 6 heteroatoms. The van der Waals surface area contributed by atoms with Crippen molar-refractivity contribution in [1.82, 2.24) is 5.43 Å². The highest BCUT2D eigenvalue weighted by Gasteiger charge is 2.12. The number of rotatable bonds is 6. The van der Waals surface area contributed by atoms with Crippen molar-refractivity contribution in [3.63, 3.8) is 0 Å². The highest BCUT2D eigenvalue weighted by Crippen LogP contribution is 2.24. The molecule has 126 valence electrons. The van der Waals surface area contributed by atoms with E-state index in [9.17, 15) is 4.79 Å². The van der Waals surface area contributed by atoms with Gasteiger partial charge in [0.1, 0.15) is 11.5 Å². The largest absolute Gasteiger partial charge is 0.497 e. The van der Waals surface area contributed by atoms with Crippen LogP contribution in [0, 0.1) is 0 Å². The quantitative estimate of drug-likeness (QED) is 0.654. The lowest BCUT2D eigenvalue weighted by molar-refractivity contribution is 0.0952. The summed E-state index contributed by atoms with van der Waals surface area (Å²) in [5.41, 5.74) is 4.87. The first-order valence-electron chi connectivity index (χ1n) is 7.38. The number of nitrogens with zero attached hydrogens (tertiary/aromatic N) is 2. The molecule has 0 saturated heterocycles. The van der Waals surface area contributed by atoms with Gasteiger partial charge < -0.3 is 14.4 Å². The molecular weight excluding hydrogens is 306 g/mol. The molecule has 0 unspecified atom stereocenters. The summed E-state index contributed by atoms with van der Waals surface area (Å²) in [4.78, 5) is 14.2. The van der Waals surface area contributed by atoms with Crippen LogP contribution in [0.3, 0.4) is 0 Å². The summed E-state index contributed by atoms with van der Waals surface area (Å²) in [7, 11) is 7.01. The van der Waals surface area contributed by atoms with Crippen LogP contribution in [0.1, 0.15) is 15.9 Å². The van der Waals surface area contributed by atoms with Crippen LogP contribution in [0.15, 0.2) is 47.6 Å². The molecule has 0 spiro atoms. The van der Waals surface area contributed by atoms with Gasteiger partial charge in [-0.25, -0.2) is 5.43 Å². The number of methoxy groups -OCH3 is 2. The number of hydrogen-bond donors (Lipinski definition) is 1. The van der Waals surface area contributed by atoms with Gasteiger partial charge in [-0.1, -0.05) is 12.1 Å². The van der Waals surface area contributed by atoms with Gasteiger partial charge in [-0.15, -0.1) is 0 Å². The number of hydrogen-bond acceptors (Lipinski definition) is 5. The molecule has 0 aliphatic carbocycles. The number of carbonyl (C=O) groups is 1. The molecule has 1 N–H and O–H groups in total. The van der Waals surface area contributed by atoms with Crippen LogP contribution in [-0.2, 0) is 0 Å². The fraction of sp³-hybridized carbons (Fsp3) is 0.222. The van der Waals surface area contributed by atoms with Crippen LogP contribution in [-0.4, -0.2) is 40.4 Å². The molecular formula is C18H21N3O3. The van der Waals surface area contributed by atoms with E-state index in [-0.39, 0.29) is 5.91 Å². The number of benzene rings is 2. The van der Waals surface area contributed by atoms with Crippen LogP contribution in [0.25, 0.3) is 0 Å². The minimum atomic E-state index is -0.351. The monoisotopic (exact) mass is 327 g/mol. The Morgan fingerprint density at radius 1 is 1.08 bits per heavy atom. The number of nitrogens with one attached hydrogen (secondary N) is 1. The number of amides is 1. The molecule has 0 radical (unpaired) electrons. The standard InChI is InChI=1S/C18H21N3O3/c1-21(2)14-7-5-13(6-8-14)12-19-20-18(22)16-10-9-15(23-3)11-17(16)24-4/h5-12H,1-4H3,(H,20,22). The second-order valence-electron chi connectivity index (χ2n) is 5.25. The highest BCUT2D eigenvalue weighted by molar-refractivity contribution is 5.97. The van der Waals surface area contributed by atoms with Crippen LogP contribution in [0.2, 0.25) is 0 Å². The van der Waals surface area contributed by atoms with Gasteiger partial charge in [0, 0.05) is 25.8 Å². The van der Waals surface area contributed by atoms with E-state index in [1.165, 1.54) is 7.11 Å².